The Morgan fingerprint density at radius 2 is 1.68 bits per heavy atom. The number of H-pyrrole nitrogens is 1. The molecule has 4 aromatic rings. The van der Waals surface area contributed by atoms with E-state index in [0.717, 1.165) is 21.1 Å². The highest BCUT2D eigenvalue weighted by Crippen LogP contribution is 2.33. The van der Waals surface area contributed by atoms with E-state index >= 15 is 0 Å². The van der Waals surface area contributed by atoms with Crippen LogP contribution in [0.1, 0.15) is 5.56 Å². The fraction of sp³-hybridized carbons (Fsp3) is 0.360. The molecule has 13 heteroatoms. The maximum Gasteiger partial charge on any atom is 0.240 e. The number of sulfonamides is 1. The summed E-state index contributed by atoms with van der Waals surface area (Å²) in [5, 5.41) is 11.2. The predicted octanol–water partition coefficient (Wildman–Crippen LogP) is 3.21. The van der Waals surface area contributed by atoms with Crippen molar-refractivity contribution in [2.24, 2.45) is 4.99 Å². The Kier molecular flexibility index (Phi) is 10.2. The van der Waals surface area contributed by atoms with Gasteiger partial charge in [0.25, 0.3) is 0 Å². The van der Waals surface area contributed by atoms with Crippen LogP contribution in [0.2, 0.25) is 0 Å². The van der Waals surface area contributed by atoms with Gasteiger partial charge < -0.3 is 29.0 Å². The number of aromatic nitrogens is 2. The molecule has 2 heterocycles. The number of ether oxygens (including phenoxy) is 4. The van der Waals surface area contributed by atoms with Crippen molar-refractivity contribution in [3.63, 3.8) is 0 Å². The molecular formula is C25H30N4O7S2. The molecule has 0 aliphatic rings. The smallest absolute Gasteiger partial charge is 0.240 e. The largest absolute Gasteiger partial charge is 0.494 e. The number of thiazole rings is 1. The summed E-state index contributed by atoms with van der Waals surface area (Å²) >= 11 is 1.52. The van der Waals surface area contributed by atoms with Crippen LogP contribution in [0.25, 0.3) is 21.1 Å². The first-order valence-electron chi connectivity index (χ1n) is 11.9. The van der Waals surface area contributed by atoms with Crippen molar-refractivity contribution in [2.75, 3.05) is 59.9 Å². The van der Waals surface area contributed by atoms with Gasteiger partial charge in [0.1, 0.15) is 0 Å². The molecule has 4 rings (SSSR count). The molecule has 3 N–H and O–H groups in total. The van der Waals surface area contributed by atoms with Crippen LogP contribution in [0.15, 0.2) is 51.8 Å². The van der Waals surface area contributed by atoms with E-state index in [4.69, 9.17) is 18.9 Å². The van der Waals surface area contributed by atoms with Crippen LogP contribution in [-0.4, -0.2) is 89.6 Å². The van der Waals surface area contributed by atoms with Crippen molar-refractivity contribution in [3.8, 4) is 5.88 Å². The summed E-state index contributed by atoms with van der Waals surface area (Å²) in [6.07, 6.45) is 1.55. The van der Waals surface area contributed by atoms with E-state index < -0.39 is 10.0 Å². The van der Waals surface area contributed by atoms with E-state index in [1.165, 1.54) is 23.5 Å². The Morgan fingerprint density at radius 1 is 1.00 bits per heavy atom. The number of nitrogens with zero attached hydrogens (tertiary/aromatic N) is 2. The third-order valence-electron chi connectivity index (χ3n) is 5.48. The number of aromatic amines is 1. The van der Waals surface area contributed by atoms with Gasteiger partial charge in [0, 0.05) is 25.3 Å². The fourth-order valence-corrected chi connectivity index (χ4v) is 5.31. The second-order valence-electron chi connectivity index (χ2n) is 8.05. The van der Waals surface area contributed by atoms with Gasteiger partial charge in [0.15, 0.2) is 5.88 Å². The van der Waals surface area contributed by atoms with Gasteiger partial charge >= 0.3 is 0 Å². The van der Waals surface area contributed by atoms with Crippen LogP contribution < -0.4 is 4.72 Å². The Labute approximate surface area is 224 Å². The van der Waals surface area contributed by atoms with Gasteiger partial charge in [0.2, 0.25) is 10.0 Å². The number of fused-ring (bicyclic) bond motifs is 3. The van der Waals surface area contributed by atoms with Crippen molar-refractivity contribution < 1.29 is 32.5 Å². The highest BCUT2D eigenvalue weighted by atomic mass is 32.2. The van der Waals surface area contributed by atoms with Gasteiger partial charge in [0.05, 0.1) is 83.6 Å². The standard InChI is InChI=1S/C25H30N4O7S2/c1-33-10-11-35-14-15-36-13-12-34-9-8-28-38(31,32)19-4-2-18(3-5-19)26-16-20-23-21(29-25(20)30)6-7-22-24(23)27-17-37-22/h2-7,16-17,28-30H,8-15H2,1H3. The molecule has 0 aliphatic heterocycles. The van der Waals surface area contributed by atoms with Gasteiger partial charge in [-0.2, -0.15) is 0 Å². The second kappa shape index (κ2) is 13.8. The van der Waals surface area contributed by atoms with Crippen molar-refractivity contribution in [3.05, 3.63) is 47.5 Å². The third kappa shape index (κ3) is 7.35. The number of methoxy groups -OCH3 is 1. The lowest BCUT2D eigenvalue weighted by Crippen LogP contribution is -2.27. The summed E-state index contributed by atoms with van der Waals surface area (Å²) in [7, 11) is -2.08. The minimum atomic E-state index is -3.69. The van der Waals surface area contributed by atoms with Gasteiger partial charge in [-0.25, -0.2) is 18.1 Å². The van der Waals surface area contributed by atoms with Crippen LogP contribution in [-0.2, 0) is 29.0 Å². The van der Waals surface area contributed by atoms with Crippen molar-refractivity contribution in [2.45, 2.75) is 4.90 Å². The van der Waals surface area contributed by atoms with Crippen LogP contribution in [0, 0.1) is 0 Å². The average molecular weight is 563 g/mol. The number of benzene rings is 2. The normalized spacial score (nSPS) is 12.3. The average Bonchev–Trinajstić information content (AvgIpc) is 3.51. The van der Waals surface area contributed by atoms with Crippen LogP contribution >= 0.6 is 11.3 Å². The van der Waals surface area contributed by atoms with Gasteiger partial charge in [-0.15, -0.1) is 11.3 Å². The molecule has 0 unspecified atom stereocenters. The van der Waals surface area contributed by atoms with Crippen molar-refractivity contribution in [1.82, 2.24) is 14.7 Å². The first-order valence-corrected chi connectivity index (χ1v) is 14.3. The molecule has 38 heavy (non-hydrogen) atoms. The zero-order valence-electron chi connectivity index (χ0n) is 20.9. The monoisotopic (exact) mass is 562 g/mol. The lowest BCUT2D eigenvalue weighted by Gasteiger charge is -2.08. The van der Waals surface area contributed by atoms with E-state index in [1.807, 2.05) is 12.1 Å². The van der Waals surface area contributed by atoms with Gasteiger partial charge in [-0.1, -0.05) is 0 Å². The van der Waals surface area contributed by atoms with Crippen LogP contribution in [0.5, 0.6) is 5.88 Å². The topological polar surface area (TPSA) is 144 Å². The first-order chi connectivity index (χ1) is 18.5. The van der Waals surface area contributed by atoms with E-state index in [-0.39, 0.29) is 23.9 Å². The minimum Gasteiger partial charge on any atom is -0.494 e. The summed E-state index contributed by atoms with van der Waals surface area (Å²) in [4.78, 5) is 11.9. The molecular weight excluding hydrogens is 532 g/mol. The zero-order chi connectivity index (χ0) is 26.8. The quantitative estimate of drug-likeness (QED) is 0.139. The Bertz CT molecular complexity index is 1450. The molecule has 0 amide bonds. The number of hydrogen-bond donors (Lipinski definition) is 3. The Hall–Kier alpha value is -2.91. The molecule has 0 fully saturated rings. The SMILES string of the molecule is COCCOCCOCCOCCNS(=O)(=O)c1ccc(N=Cc2c(O)[nH]c3ccc4scnc4c23)cc1. The summed E-state index contributed by atoms with van der Waals surface area (Å²) in [6, 6.07) is 9.99. The lowest BCUT2D eigenvalue weighted by molar-refractivity contribution is 0.00445. The molecule has 0 aliphatic carbocycles. The third-order valence-corrected chi connectivity index (χ3v) is 7.76. The summed E-state index contributed by atoms with van der Waals surface area (Å²) in [5.41, 5.74) is 4.37. The highest BCUT2D eigenvalue weighted by Gasteiger charge is 2.15. The Morgan fingerprint density at radius 3 is 2.39 bits per heavy atom. The molecule has 0 spiro atoms. The number of aliphatic imine (C=N–C) groups is 1. The van der Waals surface area contributed by atoms with Crippen molar-refractivity contribution >= 4 is 54.4 Å². The molecule has 204 valence electrons. The number of nitrogens with one attached hydrogen (secondary N) is 2. The first kappa shape index (κ1) is 28.1. The fourth-order valence-electron chi connectivity index (χ4n) is 3.61. The molecule has 0 saturated heterocycles. The van der Waals surface area contributed by atoms with Gasteiger partial charge in [-0.3, -0.25) is 4.99 Å². The number of rotatable bonds is 16. The van der Waals surface area contributed by atoms with E-state index in [1.54, 1.807) is 31.0 Å². The maximum absolute atomic E-state index is 12.6. The molecule has 0 atom stereocenters. The molecule has 2 aromatic heterocycles. The van der Waals surface area contributed by atoms with E-state index in [9.17, 15) is 13.5 Å². The second-order valence-corrected chi connectivity index (χ2v) is 10.7. The lowest BCUT2D eigenvalue weighted by atomic mass is 10.1. The van der Waals surface area contributed by atoms with Crippen LogP contribution in [0.4, 0.5) is 5.69 Å². The molecule has 0 saturated carbocycles. The summed E-state index contributed by atoms with van der Waals surface area (Å²) < 4.78 is 49.6. The highest BCUT2D eigenvalue weighted by molar-refractivity contribution is 7.89. The number of hydrogen-bond acceptors (Lipinski definition) is 10. The van der Waals surface area contributed by atoms with Crippen molar-refractivity contribution in [1.29, 1.82) is 0 Å². The summed E-state index contributed by atoms with van der Waals surface area (Å²) in [6.45, 7) is 3.11. The number of aromatic hydroxyl groups is 1. The zero-order valence-corrected chi connectivity index (χ0v) is 22.5. The Balaban J connectivity index is 1.23. The molecule has 11 nitrogen and oxygen atoms in total. The van der Waals surface area contributed by atoms with E-state index in [0.29, 0.717) is 50.9 Å². The van der Waals surface area contributed by atoms with Crippen LogP contribution in [0.3, 0.4) is 0 Å². The molecule has 0 radical (unpaired) electrons. The maximum atomic E-state index is 12.6. The minimum absolute atomic E-state index is 0.00612. The summed E-state index contributed by atoms with van der Waals surface area (Å²) in [5.74, 6) is -0.00612. The molecule has 2 aromatic carbocycles. The van der Waals surface area contributed by atoms with Gasteiger partial charge in [-0.05, 0) is 36.4 Å². The van der Waals surface area contributed by atoms with E-state index in [2.05, 4.69) is 19.7 Å². The predicted molar refractivity (Wildman–Crippen MR) is 146 cm³/mol. The molecule has 0 bridgehead atoms.